The molecule has 4 aromatic rings. The largest absolute Gasteiger partial charge is 0.421 e. The van der Waals surface area contributed by atoms with E-state index in [0.29, 0.717) is 29.5 Å². The van der Waals surface area contributed by atoms with Gasteiger partial charge in [0.2, 0.25) is 11.8 Å². The number of aryl methyl sites for hydroxylation is 1. The van der Waals surface area contributed by atoms with E-state index < -0.39 is 0 Å². The number of nitrogens with zero attached hydrogens (tertiary/aromatic N) is 3. The van der Waals surface area contributed by atoms with Crippen LogP contribution in [0.1, 0.15) is 23.2 Å². The molecule has 0 aliphatic rings. The molecule has 0 aliphatic heterocycles. The van der Waals surface area contributed by atoms with Gasteiger partial charge in [0.15, 0.2) is 0 Å². The van der Waals surface area contributed by atoms with Crippen LogP contribution in [-0.4, -0.2) is 20.5 Å². The molecule has 6 heteroatoms. The van der Waals surface area contributed by atoms with E-state index in [2.05, 4.69) is 15.5 Å². The van der Waals surface area contributed by atoms with Gasteiger partial charge in [-0.2, -0.15) is 0 Å². The Labute approximate surface area is 144 Å². The summed E-state index contributed by atoms with van der Waals surface area (Å²) in [4.78, 5) is 12.4. The number of benzene rings is 1. The van der Waals surface area contributed by atoms with Gasteiger partial charge in [0.25, 0.3) is 5.91 Å². The van der Waals surface area contributed by atoms with Crippen LogP contribution in [0.15, 0.2) is 65.3 Å². The molecule has 25 heavy (non-hydrogen) atoms. The first-order valence-electron chi connectivity index (χ1n) is 8.04. The Morgan fingerprint density at radius 3 is 2.72 bits per heavy atom. The number of hydrogen-bond acceptors (Lipinski definition) is 4. The number of fused-ring (bicyclic) bond motifs is 1. The smallest absolute Gasteiger partial charge is 0.257 e. The van der Waals surface area contributed by atoms with Gasteiger partial charge in [-0.3, -0.25) is 4.79 Å². The van der Waals surface area contributed by atoms with Gasteiger partial charge in [-0.15, -0.1) is 10.2 Å². The van der Waals surface area contributed by atoms with Crippen molar-refractivity contribution in [3.63, 3.8) is 0 Å². The second-order valence-corrected chi connectivity index (χ2v) is 5.65. The summed E-state index contributed by atoms with van der Waals surface area (Å²) in [6.07, 6.45) is 4.42. The second kappa shape index (κ2) is 6.24. The molecule has 1 aromatic carbocycles. The van der Waals surface area contributed by atoms with Gasteiger partial charge in [0.1, 0.15) is 0 Å². The van der Waals surface area contributed by atoms with Gasteiger partial charge in [0, 0.05) is 35.6 Å². The minimum absolute atomic E-state index is 0.150. The Bertz CT molecular complexity index is 998. The van der Waals surface area contributed by atoms with Crippen LogP contribution in [0.5, 0.6) is 0 Å². The number of amides is 1. The first kappa shape index (κ1) is 15.1. The van der Waals surface area contributed by atoms with E-state index in [4.69, 9.17) is 4.42 Å². The second-order valence-electron chi connectivity index (χ2n) is 5.65. The van der Waals surface area contributed by atoms with Crippen molar-refractivity contribution in [2.45, 2.75) is 13.3 Å². The van der Waals surface area contributed by atoms with Crippen LogP contribution in [0.3, 0.4) is 0 Å². The predicted molar refractivity (Wildman–Crippen MR) is 94.5 cm³/mol. The standard InChI is InChI=1S/C19H16N4O2/c1-2-17-21-22-19(25-17)13-6-8-15(9-7-13)20-18(24)14-11-16-5-3-4-10-23(16)12-14/h3-12H,2H2,1H3,(H,20,24). The lowest BCUT2D eigenvalue weighted by Crippen LogP contribution is -2.10. The zero-order chi connectivity index (χ0) is 17.2. The highest BCUT2D eigenvalue weighted by Crippen LogP contribution is 2.21. The molecule has 0 unspecified atom stereocenters. The summed E-state index contributed by atoms with van der Waals surface area (Å²) in [5, 5.41) is 10.9. The molecule has 0 bridgehead atoms. The third-order valence-electron chi connectivity index (χ3n) is 3.93. The van der Waals surface area contributed by atoms with E-state index >= 15 is 0 Å². The minimum atomic E-state index is -0.150. The minimum Gasteiger partial charge on any atom is -0.421 e. The van der Waals surface area contributed by atoms with Crippen LogP contribution in [0.25, 0.3) is 17.0 Å². The first-order valence-corrected chi connectivity index (χ1v) is 8.04. The molecule has 0 spiro atoms. The van der Waals surface area contributed by atoms with E-state index in [0.717, 1.165) is 11.1 Å². The van der Waals surface area contributed by atoms with Crippen molar-refractivity contribution < 1.29 is 9.21 Å². The highest BCUT2D eigenvalue weighted by Gasteiger charge is 2.10. The average Bonchev–Trinajstić information content (AvgIpc) is 3.29. The molecule has 0 fully saturated rings. The summed E-state index contributed by atoms with van der Waals surface area (Å²) in [6.45, 7) is 1.96. The fourth-order valence-electron chi connectivity index (χ4n) is 2.59. The first-order chi connectivity index (χ1) is 12.2. The number of nitrogens with one attached hydrogen (secondary N) is 1. The molecule has 124 valence electrons. The maximum Gasteiger partial charge on any atom is 0.257 e. The summed E-state index contributed by atoms with van der Waals surface area (Å²) in [6, 6.07) is 15.0. The Morgan fingerprint density at radius 2 is 2.00 bits per heavy atom. The Hall–Kier alpha value is -3.41. The Balaban J connectivity index is 1.51. The number of carbonyl (C=O) groups excluding carboxylic acids is 1. The number of rotatable bonds is 4. The molecular weight excluding hydrogens is 316 g/mol. The lowest BCUT2D eigenvalue weighted by Gasteiger charge is -2.04. The van der Waals surface area contributed by atoms with E-state index in [9.17, 15) is 4.79 Å². The van der Waals surface area contributed by atoms with Crippen molar-refractivity contribution in [1.82, 2.24) is 14.6 Å². The van der Waals surface area contributed by atoms with Gasteiger partial charge in [0.05, 0.1) is 5.56 Å². The van der Waals surface area contributed by atoms with Gasteiger partial charge in [-0.05, 0) is 42.5 Å². The predicted octanol–water partition coefficient (Wildman–Crippen LogP) is 3.80. The molecule has 0 radical (unpaired) electrons. The maximum atomic E-state index is 12.4. The molecule has 4 rings (SSSR count). The number of aromatic nitrogens is 3. The average molecular weight is 332 g/mol. The molecule has 0 saturated heterocycles. The molecule has 6 nitrogen and oxygen atoms in total. The van der Waals surface area contributed by atoms with Crippen molar-refractivity contribution in [3.8, 4) is 11.5 Å². The van der Waals surface area contributed by atoms with Crippen LogP contribution in [-0.2, 0) is 6.42 Å². The van der Waals surface area contributed by atoms with Gasteiger partial charge in [-0.25, -0.2) is 0 Å². The molecule has 3 aromatic heterocycles. The number of anilines is 1. The molecule has 0 aliphatic carbocycles. The lowest BCUT2D eigenvalue weighted by molar-refractivity contribution is 0.102. The van der Waals surface area contributed by atoms with E-state index in [1.165, 1.54) is 0 Å². The Kier molecular flexibility index (Phi) is 3.78. The van der Waals surface area contributed by atoms with E-state index in [1.54, 1.807) is 0 Å². The van der Waals surface area contributed by atoms with Gasteiger partial charge in [-0.1, -0.05) is 13.0 Å². The molecular formula is C19H16N4O2. The number of hydrogen-bond donors (Lipinski definition) is 1. The Morgan fingerprint density at radius 1 is 1.16 bits per heavy atom. The van der Waals surface area contributed by atoms with Crippen LogP contribution in [0.2, 0.25) is 0 Å². The third kappa shape index (κ3) is 3.01. The molecule has 1 N–H and O–H groups in total. The van der Waals surface area contributed by atoms with Crippen molar-refractivity contribution in [1.29, 1.82) is 0 Å². The maximum absolute atomic E-state index is 12.4. The van der Waals surface area contributed by atoms with Crippen LogP contribution >= 0.6 is 0 Å². The molecule has 0 atom stereocenters. The third-order valence-corrected chi connectivity index (χ3v) is 3.93. The quantitative estimate of drug-likeness (QED) is 0.617. The zero-order valence-corrected chi connectivity index (χ0v) is 13.6. The monoisotopic (exact) mass is 332 g/mol. The van der Waals surface area contributed by atoms with Gasteiger partial charge >= 0.3 is 0 Å². The highest BCUT2D eigenvalue weighted by atomic mass is 16.4. The van der Waals surface area contributed by atoms with Gasteiger partial charge < -0.3 is 14.1 Å². The molecule has 1 amide bonds. The summed E-state index contributed by atoms with van der Waals surface area (Å²) in [5.74, 6) is 0.934. The topological polar surface area (TPSA) is 72.4 Å². The van der Waals surface area contributed by atoms with Crippen molar-refractivity contribution >= 4 is 17.1 Å². The SMILES string of the molecule is CCc1nnc(-c2ccc(NC(=O)c3cc4ccccn4c3)cc2)o1. The lowest BCUT2D eigenvalue weighted by atomic mass is 10.2. The molecule has 0 saturated carbocycles. The normalized spacial score (nSPS) is 10.9. The summed E-state index contributed by atoms with van der Waals surface area (Å²) < 4.78 is 7.45. The highest BCUT2D eigenvalue weighted by molar-refractivity contribution is 6.05. The number of pyridine rings is 1. The summed E-state index contributed by atoms with van der Waals surface area (Å²) >= 11 is 0. The molecule has 3 heterocycles. The number of carbonyl (C=O) groups is 1. The van der Waals surface area contributed by atoms with Crippen molar-refractivity contribution in [3.05, 3.63) is 72.4 Å². The fourth-order valence-corrected chi connectivity index (χ4v) is 2.59. The van der Waals surface area contributed by atoms with Crippen LogP contribution in [0, 0.1) is 0 Å². The van der Waals surface area contributed by atoms with E-state index in [1.807, 2.05) is 72.2 Å². The van der Waals surface area contributed by atoms with Crippen molar-refractivity contribution in [2.24, 2.45) is 0 Å². The van der Waals surface area contributed by atoms with Crippen LogP contribution in [0.4, 0.5) is 5.69 Å². The van der Waals surface area contributed by atoms with Crippen LogP contribution < -0.4 is 5.32 Å². The van der Waals surface area contributed by atoms with E-state index in [-0.39, 0.29) is 5.91 Å². The fraction of sp³-hybridized carbons (Fsp3) is 0.105. The summed E-state index contributed by atoms with van der Waals surface area (Å²) in [5.41, 5.74) is 3.12. The summed E-state index contributed by atoms with van der Waals surface area (Å²) in [7, 11) is 0. The zero-order valence-electron chi connectivity index (χ0n) is 13.6. The van der Waals surface area contributed by atoms with Crippen molar-refractivity contribution in [2.75, 3.05) is 5.32 Å².